The van der Waals surface area contributed by atoms with Crippen molar-refractivity contribution >= 4 is 11.7 Å². The van der Waals surface area contributed by atoms with Crippen molar-refractivity contribution in [2.45, 2.75) is 25.8 Å². The summed E-state index contributed by atoms with van der Waals surface area (Å²) in [5, 5.41) is 3.19. The van der Waals surface area contributed by atoms with Crippen molar-refractivity contribution in [1.82, 2.24) is 9.88 Å². The summed E-state index contributed by atoms with van der Waals surface area (Å²) in [6.45, 7) is 3.09. The van der Waals surface area contributed by atoms with Crippen LogP contribution >= 0.6 is 0 Å². The highest BCUT2D eigenvalue weighted by molar-refractivity contribution is 5.73. The lowest BCUT2D eigenvalue weighted by Crippen LogP contribution is -2.41. The second-order valence-corrected chi connectivity index (χ2v) is 4.27. The third-order valence-electron chi connectivity index (χ3n) is 3.01. The van der Waals surface area contributed by atoms with E-state index in [1.54, 1.807) is 19.1 Å². The Kier molecular flexibility index (Phi) is 3.56. The number of hydrogen-bond acceptors (Lipinski definition) is 3. The third kappa shape index (κ3) is 3.15. The van der Waals surface area contributed by atoms with Gasteiger partial charge in [0.1, 0.15) is 5.82 Å². The molecule has 0 bridgehead atoms. The van der Waals surface area contributed by atoms with Crippen LogP contribution in [0.2, 0.25) is 0 Å². The quantitative estimate of drug-likeness (QED) is 0.795. The predicted molar refractivity (Wildman–Crippen MR) is 63.1 cm³/mol. The number of hydrogen-bond donors (Lipinski definition) is 1. The molecule has 1 saturated heterocycles. The zero-order chi connectivity index (χ0) is 12.3. The van der Waals surface area contributed by atoms with Gasteiger partial charge in [0.15, 0.2) is 0 Å². The molecule has 5 heteroatoms. The average Bonchev–Trinajstić information content (AvgIpc) is 2.29. The standard InChI is InChI=1S/C12H16FN3O/c1-9(17)16-7-5-10(6-8-16)14-12-4-2-3-11(13)15-12/h2-4,10H,5-8H2,1H3,(H,14,15). The van der Waals surface area contributed by atoms with Crippen molar-refractivity contribution in [1.29, 1.82) is 0 Å². The van der Waals surface area contributed by atoms with E-state index < -0.39 is 5.95 Å². The molecule has 1 amide bonds. The van der Waals surface area contributed by atoms with Gasteiger partial charge in [0.05, 0.1) is 0 Å². The fourth-order valence-electron chi connectivity index (χ4n) is 2.04. The molecule has 92 valence electrons. The highest BCUT2D eigenvalue weighted by Crippen LogP contribution is 2.15. The summed E-state index contributed by atoms with van der Waals surface area (Å²) in [7, 11) is 0. The molecule has 0 aromatic carbocycles. The van der Waals surface area contributed by atoms with Gasteiger partial charge in [-0.3, -0.25) is 4.79 Å². The number of halogens is 1. The van der Waals surface area contributed by atoms with E-state index in [1.807, 2.05) is 4.90 Å². The van der Waals surface area contributed by atoms with Crippen LogP contribution in [0, 0.1) is 5.95 Å². The number of pyridine rings is 1. The molecule has 0 atom stereocenters. The fraction of sp³-hybridized carbons (Fsp3) is 0.500. The molecule has 2 rings (SSSR count). The molecule has 1 N–H and O–H groups in total. The number of aromatic nitrogens is 1. The lowest BCUT2D eigenvalue weighted by atomic mass is 10.1. The van der Waals surface area contributed by atoms with Crippen LogP contribution in [0.1, 0.15) is 19.8 Å². The van der Waals surface area contributed by atoms with Crippen LogP contribution in [0.5, 0.6) is 0 Å². The Balaban J connectivity index is 1.88. The largest absolute Gasteiger partial charge is 0.367 e. The summed E-state index contributed by atoms with van der Waals surface area (Å²) in [6, 6.07) is 4.97. The maximum atomic E-state index is 12.9. The Morgan fingerprint density at radius 2 is 2.18 bits per heavy atom. The van der Waals surface area contributed by atoms with Gasteiger partial charge in [-0.05, 0) is 25.0 Å². The van der Waals surface area contributed by atoms with Gasteiger partial charge in [-0.25, -0.2) is 4.98 Å². The van der Waals surface area contributed by atoms with E-state index in [0.717, 1.165) is 25.9 Å². The van der Waals surface area contributed by atoms with E-state index in [4.69, 9.17) is 0 Å². The lowest BCUT2D eigenvalue weighted by Gasteiger charge is -2.31. The molecular weight excluding hydrogens is 221 g/mol. The van der Waals surface area contributed by atoms with Crippen LogP contribution in [0.4, 0.5) is 10.2 Å². The smallest absolute Gasteiger partial charge is 0.219 e. The first-order valence-electron chi connectivity index (χ1n) is 5.80. The van der Waals surface area contributed by atoms with E-state index in [0.29, 0.717) is 5.82 Å². The van der Waals surface area contributed by atoms with Crippen LogP contribution < -0.4 is 5.32 Å². The van der Waals surface area contributed by atoms with E-state index in [1.165, 1.54) is 6.07 Å². The number of anilines is 1. The second kappa shape index (κ2) is 5.12. The molecule has 1 aromatic heterocycles. The van der Waals surface area contributed by atoms with Crippen LogP contribution in [0.25, 0.3) is 0 Å². The minimum Gasteiger partial charge on any atom is -0.367 e. The lowest BCUT2D eigenvalue weighted by molar-refractivity contribution is -0.129. The van der Waals surface area contributed by atoms with Crippen molar-refractivity contribution < 1.29 is 9.18 Å². The number of carbonyl (C=O) groups is 1. The highest BCUT2D eigenvalue weighted by atomic mass is 19.1. The SMILES string of the molecule is CC(=O)N1CCC(Nc2cccc(F)n2)CC1. The molecule has 17 heavy (non-hydrogen) atoms. The zero-order valence-corrected chi connectivity index (χ0v) is 9.82. The number of amides is 1. The van der Waals surface area contributed by atoms with Gasteiger partial charge in [-0.1, -0.05) is 6.07 Å². The van der Waals surface area contributed by atoms with Crippen molar-refractivity contribution in [3.63, 3.8) is 0 Å². The molecule has 1 aliphatic rings. The van der Waals surface area contributed by atoms with E-state index in [-0.39, 0.29) is 11.9 Å². The van der Waals surface area contributed by atoms with Crippen molar-refractivity contribution in [2.24, 2.45) is 0 Å². The summed E-state index contributed by atoms with van der Waals surface area (Å²) < 4.78 is 12.9. The Morgan fingerprint density at radius 3 is 2.76 bits per heavy atom. The first kappa shape index (κ1) is 11.8. The molecule has 1 aliphatic heterocycles. The van der Waals surface area contributed by atoms with Crippen LogP contribution in [-0.2, 0) is 4.79 Å². The highest BCUT2D eigenvalue weighted by Gasteiger charge is 2.20. The van der Waals surface area contributed by atoms with Crippen molar-refractivity contribution in [2.75, 3.05) is 18.4 Å². The summed E-state index contributed by atoms with van der Waals surface area (Å²) in [4.78, 5) is 16.7. The maximum absolute atomic E-state index is 12.9. The molecule has 1 fully saturated rings. The molecule has 0 radical (unpaired) electrons. The average molecular weight is 237 g/mol. The first-order chi connectivity index (χ1) is 8.15. The number of rotatable bonds is 2. The number of piperidine rings is 1. The molecule has 4 nitrogen and oxygen atoms in total. The van der Waals surface area contributed by atoms with Crippen LogP contribution in [0.3, 0.4) is 0 Å². The molecule has 2 heterocycles. The number of likely N-dealkylation sites (tertiary alicyclic amines) is 1. The predicted octanol–water partition coefficient (Wildman–Crippen LogP) is 1.64. The van der Waals surface area contributed by atoms with Gasteiger partial charge in [0.25, 0.3) is 0 Å². The van der Waals surface area contributed by atoms with Crippen molar-refractivity contribution in [3.05, 3.63) is 24.1 Å². The summed E-state index contributed by atoms with van der Waals surface area (Å²) >= 11 is 0. The van der Waals surface area contributed by atoms with Gasteiger partial charge in [0, 0.05) is 26.1 Å². The van der Waals surface area contributed by atoms with Gasteiger partial charge in [-0.2, -0.15) is 4.39 Å². The molecule has 0 unspecified atom stereocenters. The fourth-order valence-corrected chi connectivity index (χ4v) is 2.04. The molecular formula is C12H16FN3O. The summed E-state index contributed by atoms with van der Waals surface area (Å²) in [6.07, 6.45) is 1.75. The number of nitrogens with one attached hydrogen (secondary N) is 1. The van der Waals surface area contributed by atoms with E-state index in [9.17, 15) is 9.18 Å². The third-order valence-corrected chi connectivity index (χ3v) is 3.01. The van der Waals surface area contributed by atoms with Crippen LogP contribution in [0.15, 0.2) is 18.2 Å². The van der Waals surface area contributed by atoms with Gasteiger partial charge < -0.3 is 10.2 Å². The number of carbonyl (C=O) groups excluding carboxylic acids is 1. The molecule has 1 aromatic rings. The summed E-state index contributed by atoms with van der Waals surface area (Å²) in [5.41, 5.74) is 0. The Morgan fingerprint density at radius 1 is 1.47 bits per heavy atom. The Bertz CT molecular complexity index is 402. The van der Waals surface area contributed by atoms with Gasteiger partial charge >= 0.3 is 0 Å². The minimum atomic E-state index is -0.476. The maximum Gasteiger partial charge on any atom is 0.219 e. The Labute approximate surface area is 99.8 Å². The van der Waals surface area contributed by atoms with Crippen molar-refractivity contribution in [3.8, 4) is 0 Å². The van der Waals surface area contributed by atoms with Gasteiger partial charge in [-0.15, -0.1) is 0 Å². The molecule has 0 aliphatic carbocycles. The molecule has 0 saturated carbocycles. The normalized spacial score (nSPS) is 16.9. The summed E-state index contributed by atoms with van der Waals surface area (Å²) in [5.74, 6) is 0.203. The minimum absolute atomic E-state index is 0.118. The van der Waals surface area contributed by atoms with E-state index in [2.05, 4.69) is 10.3 Å². The molecule has 0 spiro atoms. The van der Waals surface area contributed by atoms with Crippen LogP contribution in [-0.4, -0.2) is 34.9 Å². The second-order valence-electron chi connectivity index (χ2n) is 4.27. The van der Waals surface area contributed by atoms with Gasteiger partial charge in [0.2, 0.25) is 11.9 Å². The van der Waals surface area contributed by atoms with E-state index >= 15 is 0 Å². The topological polar surface area (TPSA) is 45.2 Å². The monoisotopic (exact) mass is 237 g/mol. The zero-order valence-electron chi connectivity index (χ0n) is 9.82. The first-order valence-corrected chi connectivity index (χ1v) is 5.80. The Hall–Kier alpha value is -1.65. The number of nitrogens with zero attached hydrogens (tertiary/aromatic N) is 2.